The van der Waals surface area contributed by atoms with Crippen LogP contribution in [0.25, 0.3) is 0 Å². The molecule has 1 atom stereocenters. The minimum atomic E-state index is -0.638. The zero-order chi connectivity index (χ0) is 20.9. The number of aromatic nitrogens is 1. The molecule has 0 spiro atoms. The number of aliphatic hydroxyl groups is 1. The largest absolute Gasteiger partial charge is 0.493 e. The zero-order valence-electron chi connectivity index (χ0n) is 17.9. The van der Waals surface area contributed by atoms with Crippen molar-refractivity contribution in [3.63, 3.8) is 0 Å². The Labute approximate surface area is 196 Å². The van der Waals surface area contributed by atoms with Crippen LogP contribution >= 0.6 is 24.0 Å². The number of aliphatic imine (C=N–C) groups is 1. The average molecular weight is 528 g/mol. The first-order chi connectivity index (χ1) is 14.1. The van der Waals surface area contributed by atoms with E-state index in [0.717, 1.165) is 35.4 Å². The van der Waals surface area contributed by atoms with Crippen LogP contribution < -0.4 is 15.4 Å². The van der Waals surface area contributed by atoms with Crippen LogP contribution in [0.4, 0.5) is 0 Å². The lowest BCUT2D eigenvalue weighted by atomic mass is 10.1. The molecule has 0 saturated carbocycles. The molecular formula is C22H33IN4O3. The summed E-state index contributed by atoms with van der Waals surface area (Å²) < 4.78 is 11.0. The number of hydrogen-bond acceptors (Lipinski definition) is 5. The molecule has 0 aliphatic rings. The molecule has 1 aromatic heterocycles. The van der Waals surface area contributed by atoms with E-state index in [0.29, 0.717) is 32.3 Å². The molecule has 0 saturated heterocycles. The average Bonchev–Trinajstić information content (AvgIpc) is 2.74. The van der Waals surface area contributed by atoms with Crippen molar-refractivity contribution in [3.05, 3.63) is 59.4 Å². The van der Waals surface area contributed by atoms with E-state index in [1.165, 1.54) is 0 Å². The fourth-order valence-corrected chi connectivity index (χ4v) is 2.71. The maximum atomic E-state index is 10.3. The van der Waals surface area contributed by atoms with Gasteiger partial charge in [-0.15, -0.1) is 24.0 Å². The molecule has 8 heteroatoms. The number of nitrogens with one attached hydrogen (secondary N) is 2. The first-order valence-corrected chi connectivity index (χ1v) is 9.95. The number of guanidine groups is 1. The number of ether oxygens (including phenoxy) is 2. The second kappa shape index (κ2) is 15.0. The Hall–Kier alpha value is -1.91. The Morgan fingerprint density at radius 3 is 2.63 bits per heavy atom. The molecular weight excluding hydrogens is 495 g/mol. The van der Waals surface area contributed by atoms with Crippen LogP contribution in [0.2, 0.25) is 0 Å². The lowest BCUT2D eigenvalue weighted by molar-refractivity contribution is 0.172. The summed E-state index contributed by atoms with van der Waals surface area (Å²) >= 11 is 0. The number of pyridine rings is 1. The van der Waals surface area contributed by atoms with Crippen molar-refractivity contribution in [2.75, 3.05) is 33.4 Å². The van der Waals surface area contributed by atoms with Gasteiger partial charge in [0.15, 0.2) is 5.96 Å². The van der Waals surface area contributed by atoms with Crippen LogP contribution in [0, 0.1) is 6.92 Å². The van der Waals surface area contributed by atoms with E-state index < -0.39 is 6.10 Å². The second-order valence-electron chi connectivity index (χ2n) is 6.68. The molecule has 0 bridgehead atoms. The van der Waals surface area contributed by atoms with E-state index in [1.807, 2.05) is 26.0 Å². The van der Waals surface area contributed by atoms with Gasteiger partial charge in [-0.25, -0.2) is 4.99 Å². The van der Waals surface area contributed by atoms with Gasteiger partial charge in [0.25, 0.3) is 0 Å². The number of aryl methyl sites for hydroxylation is 1. The molecule has 0 fully saturated rings. The van der Waals surface area contributed by atoms with Gasteiger partial charge in [0, 0.05) is 51.2 Å². The molecule has 2 rings (SSSR count). The van der Waals surface area contributed by atoms with Crippen LogP contribution in [0.5, 0.6) is 5.75 Å². The van der Waals surface area contributed by atoms with E-state index in [9.17, 15) is 5.11 Å². The van der Waals surface area contributed by atoms with E-state index in [1.54, 1.807) is 31.6 Å². The second-order valence-corrected chi connectivity index (χ2v) is 6.68. The topological polar surface area (TPSA) is 88.0 Å². The predicted molar refractivity (Wildman–Crippen MR) is 131 cm³/mol. The van der Waals surface area contributed by atoms with Gasteiger partial charge in [0.05, 0.1) is 19.3 Å². The summed E-state index contributed by atoms with van der Waals surface area (Å²) in [4.78, 5) is 8.63. The lowest BCUT2D eigenvalue weighted by Crippen LogP contribution is -2.39. The highest BCUT2D eigenvalue weighted by Crippen LogP contribution is 2.21. The minimum absolute atomic E-state index is 0. The summed E-state index contributed by atoms with van der Waals surface area (Å²) in [5, 5.41) is 16.7. The number of halogens is 1. The molecule has 166 valence electrons. The van der Waals surface area contributed by atoms with Gasteiger partial charge in [0.2, 0.25) is 0 Å². The smallest absolute Gasteiger partial charge is 0.191 e. The Morgan fingerprint density at radius 1 is 1.17 bits per heavy atom. The number of nitrogens with zero attached hydrogens (tertiary/aromatic N) is 2. The van der Waals surface area contributed by atoms with Crippen molar-refractivity contribution >= 4 is 29.9 Å². The summed E-state index contributed by atoms with van der Waals surface area (Å²) in [6.07, 6.45) is 3.54. The number of hydrogen-bond donors (Lipinski definition) is 3. The first kappa shape index (κ1) is 26.1. The standard InChI is InChI=1S/C22H32N4O3.HI/c1-4-24-22(26-16-20(27)18-8-10-23-11-9-18)25-15-19-7-6-17(2)14-21(19)29-13-5-12-28-3;/h6-11,14,20,27H,4-5,12-13,15-16H2,1-3H3,(H2,24,25,26);1H. The van der Waals surface area contributed by atoms with Crippen molar-refractivity contribution < 1.29 is 14.6 Å². The highest BCUT2D eigenvalue weighted by Gasteiger charge is 2.09. The van der Waals surface area contributed by atoms with Gasteiger partial charge in [-0.2, -0.15) is 0 Å². The highest BCUT2D eigenvalue weighted by atomic mass is 127. The number of methoxy groups -OCH3 is 1. The van der Waals surface area contributed by atoms with E-state index in [4.69, 9.17) is 9.47 Å². The van der Waals surface area contributed by atoms with Gasteiger partial charge in [-0.3, -0.25) is 4.98 Å². The summed E-state index contributed by atoms with van der Waals surface area (Å²) in [5.74, 6) is 1.49. The van der Waals surface area contributed by atoms with Crippen LogP contribution in [-0.2, 0) is 11.3 Å². The van der Waals surface area contributed by atoms with E-state index >= 15 is 0 Å². The maximum absolute atomic E-state index is 10.3. The molecule has 0 amide bonds. The van der Waals surface area contributed by atoms with Crippen molar-refractivity contribution in [2.45, 2.75) is 32.9 Å². The molecule has 1 heterocycles. The molecule has 0 radical (unpaired) electrons. The summed E-state index contributed by atoms with van der Waals surface area (Å²) in [7, 11) is 1.69. The molecule has 7 nitrogen and oxygen atoms in total. The van der Waals surface area contributed by atoms with Crippen molar-refractivity contribution in [1.82, 2.24) is 15.6 Å². The van der Waals surface area contributed by atoms with Crippen molar-refractivity contribution in [2.24, 2.45) is 4.99 Å². The third-order valence-electron chi connectivity index (χ3n) is 4.28. The first-order valence-electron chi connectivity index (χ1n) is 9.95. The fourth-order valence-electron chi connectivity index (χ4n) is 2.71. The van der Waals surface area contributed by atoms with Crippen LogP contribution in [0.15, 0.2) is 47.7 Å². The van der Waals surface area contributed by atoms with Crippen LogP contribution in [0.1, 0.15) is 36.1 Å². The van der Waals surface area contributed by atoms with Crippen LogP contribution in [0.3, 0.4) is 0 Å². The van der Waals surface area contributed by atoms with Crippen LogP contribution in [-0.4, -0.2) is 49.5 Å². The van der Waals surface area contributed by atoms with E-state index in [2.05, 4.69) is 26.7 Å². The predicted octanol–water partition coefficient (Wildman–Crippen LogP) is 3.21. The molecule has 3 N–H and O–H groups in total. The van der Waals surface area contributed by atoms with Gasteiger partial charge >= 0.3 is 0 Å². The number of benzene rings is 1. The van der Waals surface area contributed by atoms with Gasteiger partial charge in [0.1, 0.15) is 5.75 Å². The molecule has 30 heavy (non-hydrogen) atoms. The fraction of sp³-hybridized carbons (Fsp3) is 0.455. The lowest BCUT2D eigenvalue weighted by Gasteiger charge is -2.16. The Bertz CT molecular complexity index is 759. The van der Waals surface area contributed by atoms with Gasteiger partial charge < -0.3 is 25.2 Å². The normalized spacial score (nSPS) is 12.1. The SMILES string of the molecule is CCNC(=NCc1ccc(C)cc1OCCCOC)NCC(O)c1ccncc1.I. The molecule has 0 aliphatic carbocycles. The quantitative estimate of drug-likeness (QED) is 0.180. The van der Waals surface area contributed by atoms with Crippen molar-refractivity contribution in [1.29, 1.82) is 0 Å². The zero-order valence-corrected chi connectivity index (χ0v) is 20.3. The molecule has 1 aromatic carbocycles. The van der Waals surface area contributed by atoms with Gasteiger partial charge in [-0.05, 0) is 43.2 Å². The monoisotopic (exact) mass is 528 g/mol. The minimum Gasteiger partial charge on any atom is -0.493 e. The third-order valence-corrected chi connectivity index (χ3v) is 4.28. The van der Waals surface area contributed by atoms with E-state index in [-0.39, 0.29) is 24.0 Å². The molecule has 2 aromatic rings. The summed E-state index contributed by atoms with van der Waals surface area (Å²) in [6, 6.07) is 9.73. The summed E-state index contributed by atoms with van der Waals surface area (Å²) in [6.45, 7) is 6.88. The van der Waals surface area contributed by atoms with Crippen molar-refractivity contribution in [3.8, 4) is 5.75 Å². The Morgan fingerprint density at radius 2 is 1.93 bits per heavy atom. The Kier molecular flexibility index (Phi) is 13.0. The highest BCUT2D eigenvalue weighted by molar-refractivity contribution is 14.0. The molecule has 0 aliphatic heterocycles. The van der Waals surface area contributed by atoms with Gasteiger partial charge in [-0.1, -0.05) is 12.1 Å². The number of aliphatic hydroxyl groups excluding tert-OH is 1. The third kappa shape index (κ3) is 9.27. The maximum Gasteiger partial charge on any atom is 0.191 e. The molecule has 1 unspecified atom stereocenters. The Balaban J connectivity index is 0.00000450. The summed E-state index contributed by atoms with van der Waals surface area (Å²) in [5.41, 5.74) is 2.97. The number of rotatable bonds is 11.